The second kappa shape index (κ2) is 24.7. The summed E-state index contributed by atoms with van der Waals surface area (Å²) in [6.07, 6.45) is 1.14. The van der Waals surface area contributed by atoms with Crippen molar-refractivity contribution in [2.75, 3.05) is 109 Å². The Balaban J connectivity index is 1.04. The van der Waals surface area contributed by atoms with Crippen LogP contribution in [-0.2, 0) is 40.0 Å². The fourth-order valence-electron chi connectivity index (χ4n) is 6.00. The molecular weight excluding hydrogens is 804 g/mol. The smallest absolute Gasteiger partial charge is 0.326 e. The van der Waals surface area contributed by atoms with Gasteiger partial charge >= 0.3 is 17.9 Å². The van der Waals surface area contributed by atoms with Crippen molar-refractivity contribution in [3.8, 4) is 0 Å². The zero-order chi connectivity index (χ0) is 44.1. The molecule has 1 aliphatic heterocycles. The molecular formula is C37H52N12O12. The van der Waals surface area contributed by atoms with Crippen LogP contribution >= 0.6 is 0 Å². The second-order valence-corrected chi connectivity index (χ2v) is 13.9. The number of nitrogens with one attached hydrogen (secondary N) is 5. The van der Waals surface area contributed by atoms with Gasteiger partial charge in [-0.2, -0.15) is 4.98 Å². The molecule has 1 aromatic carbocycles. The van der Waals surface area contributed by atoms with Crippen LogP contribution in [0.25, 0.3) is 11.2 Å². The zero-order valence-corrected chi connectivity index (χ0v) is 33.5. The van der Waals surface area contributed by atoms with Gasteiger partial charge in [-0.15, -0.1) is 0 Å². The molecule has 24 heteroatoms. The summed E-state index contributed by atoms with van der Waals surface area (Å²) >= 11 is 0. The molecule has 24 nitrogen and oxygen atoms in total. The highest BCUT2D eigenvalue weighted by Gasteiger charge is 2.23. The molecule has 2 aromatic heterocycles. The van der Waals surface area contributed by atoms with Gasteiger partial charge in [0.1, 0.15) is 6.04 Å². The average Bonchev–Trinajstić information content (AvgIpc) is 3.29. The highest BCUT2D eigenvalue weighted by Crippen LogP contribution is 2.12. The van der Waals surface area contributed by atoms with Crippen molar-refractivity contribution >= 4 is 58.4 Å². The summed E-state index contributed by atoms with van der Waals surface area (Å²) in [5, 5.41) is 39.0. The van der Waals surface area contributed by atoms with Gasteiger partial charge in [-0.25, -0.2) is 14.8 Å². The number of amides is 3. The summed E-state index contributed by atoms with van der Waals surface area (Å²) in [4.78, 5) is 104. The van der Waals surface area contributed by atoms with E-state index >= 15 is 0 Å². The van der Waals surface area contributed by atoms with E-state index in [1.807, 2.05) is 4.90 Å². The molecule has 0 radical (unpaired) electrons. The topological polar surface area (TPSA) is 337 Å². The Morgan fingerprint density at radius 2 is 1.33 bits per heavy atom. The Bertz CT molecular complexity index is 1990. The van der Waals surface area contributed by atoms with Crippen molar-refractivity contribution in [3.05, 3.63) is 52.1 Å². The predicted octanol–water partition coefficient (Wildman–Crippen LogP) is -2.77. The van der Waals surface area contributed by atoms with E-state index in [0.717, 1.165) is 0 Å². The fraction of sp³-hybridized carbons (Fsp3) is 0.514. The zero-order valence-electron chi connectivity index (χ0n) is 33.5. The number of nitrogen functional groups attached to an aromatic ring is 1. The Kier molecular flexibility index (Phi) is 19.1. The Morgan fingerprint density at radius 3 is 1.89 bits per heavy atom. The number of hydrogen-bond donors (Lipinski definition) is 9. The predicted molar refractivity (Wildman–Crippen MR) is 217 cm³/mol. The highest BCUT2D eigenvalue weighted by atomic mass is 16.5. The summed E-state index contributed by atoms with van der Waals surface area (Å²) in [5.74, 6) is -4.64. The van der Waals surface area contributed by atoms with Gasteiger partial charge in [0.15, 0.2) is 11.2 Å². The maximum Gasteiger partial charge on any atom is 0.326 e. The van der Waals surface area contributed by atoms with Crippen LogP contribution in [-0.4, -0.2) is 190 Å². The third kappa shape index (κ3) is 17.4. The maximum absolute atomic E-state index is 12.8. The quantitative estimate of drug-likeness (QED) is 0.0412. The maximum atomic E-state index is 12.8. The SMILES string of the molecule is Nc1nc2ncc(CNc3ccc(C(=O)NC(CCC(=O)NCCOCCOCCNC(=O)CN4CCN(CC(=O)O)CCN(CC(=O)O)CC4)C(=O)O)cc3)nc2c(=O)[nH]1. The molecule has 332 valence electrons. The summed E-state index contributed by atoms with van der Waals surface area (Å²) in [7, 11) is 0. The third-order valence-electron chi connectivity index (χ3n) is 9.16. The van der Waals surface area contributed by atoms with Crippen molar-refractivity contribution in [1.29, 1.82) is 0 Å². The van der Waals surface area contributed by atoms with Gasteiger partial charge in [-0.1, -0.05) is 0 Å². The Labute approximate surface area is 349 Å². The number of hydrogen-bond acceptors (Lipinski definition) is 17. The standard InChI is InChI=1S/C37H52N12O12/c38-37-45-33-32(35(57)46-37)43-26(20-42-33)19-41-25-3-1-24(2-4-25)34(56)44-27(36(58)59)5-6-28(50)39-7-15-60-17-18-61-16-8-40-29(51)21-47-9-11-48(22-30(52)53)13-14-49(12-10-47)23-31(54)55/h1-4,20,27,41H,5-19,21-23H2,(H,39,50)(H,40,51)(H,44,56)(H,52,53)(H,54,55)(H,58,59)(H3,38,42,45,46,57). The largest absolute Gasteiger partial charge is 0.480 e. The molecule has 61 heavy (non-hydrogen) atoms. The molecule has 1 atom stereocenters. The van der Waals surface area contributed by atoms with E-state index in [-0.39, 0.29) is 107 Å². The van der Waals surface area contributed by atoms with Gasteiger partial charge in [-0.3, -0.25) is 48.5 Å². The lowest BCUT2D eigenvalue weighted by atomic mass is 10.1. The fourth-order valence-corrected chi connectivity index (χ4v) is 6.00. The van der Waals surface area contributed by atoms with Crippen molar-refractivity contribution in [2.45, 2.75) is 25.4 Å². The number of carboxylic acid groups (broad SMARTS) is 3. The van der Waals surface area contributed by atoms with E-state index in [2.05, 4.69) is 41.2 Å². The van der Waals surface area contributed by atoms with E-state index < -0.39 is 41.3 Å². The first-order chi connectivity index (χ1) is 29.2. The molecule has 0 spiro atoms. The molecule has 1 saturated heterocycles. The molecule has 10 N–H and O–H groups in total. The summed E-state index contributed by atoms with van der Waals surface area (Å²) in [6.45, 7) is 3.70. The van der Waals surface area contributed by atoms with Gasteiger partial charge in [0.2, 0.25) is 17.8 Å². The second-order valence-electron chi connectivity index (χ2n) is 13.9. The number of carbonyl (C=O) groups is 6. The molecule has 0 bridgehead atoms. The van der Waals surface area contributed by atoms with E-state index in [9.17, 15) is 48.9 Å². The van der Waals surface area contributed by atoms with E-state index in [0.29, 0.717) is 50.6 Å². The van der Waals surface area contributed by atoms with Crippen molar-refractivity contribution < 1.29 is 53.6 Å². The number of nitrogens with zero attached hydrogens (tertiary/aromatic N) is 6. The van der Waals surface area contributed by atoms with Crippen molar-refractivity contribution in [2.24, 2.45) is 0 Å². The molecule has 1 aliphatic rings. The van der Waals surface area contributed by atoms with E-state index in [1.54, 1.807) is 21.9 Å². The number of ether oxygens (including phenoxy) is 2. The number of H-pyrrole nitrogens is 1. The summed E-state index contributed by atoms with van der Waals surface area (Å²) in [5.41, 5.74) is 6.43. The molecule has 1 fully saturated rings. The third-order valence-corrected chi connectivity index (χ3v) is 9.16. The minimum atomic E-state index is -1.31. The van der Waals surface area contributed by atoms with Gasteiger partial charge in [0.05, 0.1) is 64.5 Å². The minimum Gasteiger partial charge on any atom is -0.480 e. The average molecular weight is 857 g/mol. The number of aromatic amines is 1. The summed E-state index contributed by atoms with van der Waals surface area (Å²) in [6, 6.07) is 4.91. The summed E-state index contributed by atoms with van der Waals surface area (Å²) < 4.78 is 10.9. The number of rotatable bonds is 24. The van der Waals surface area contributed by atoms with Crippen LogP contribution in [0.1, 0.15) is 28.9 Å². The number of fused-ring (bicyclic) bond motifs is 1. The molecule has 3 heterocycles. The van der Waals surface area contributed by atoms with Crippen LogP contribution in [0.15, 0.2) is 35.3 Å². The highest BCUT2D eigenvalue weighted by molar-refractivity contribution is 5.97. The van der Waals surface area contributed by atoms with Crippen LogP contribution in [0, 0.1) is 0 Å². The first-order valence-electron chi connectivity index (χ1n) is 19.4. The van der Waals surface area contributed by atoms with Crippen LogP contribution in [0.3, 0.4) is 0 Å². The van der Waals surface area contributed by atoms with Crippen LogP contribution in [0.5, 0.6) is 0 Å². The molecule has 4 rings (SSSR count). The minimum absolute atomic E-state index is 0.0393. The monoisotopic (exact) mass is 856 g/mol. The number of aliphatic carboxylic acids is 3. The normalized spacial score (nSPS) is 14.6. The van der Waals surface area contributed by atoms with Gasteiger partial charge in [0.25, 0.3) is 11.5 Å². The number of nitrogens with two attached hydrogens (primary N) is 1. The van der Waals surface area contributed by atoms with Gasteiger partial charge in [0, 0.05) is 70.0 Å². The van der Waals surface area contributed by atoms with E-state index in [1.165, 1.54) is 18.3 Å². The number of carbonyl (C=O) groups excluding carboxylic acids is 3. The lowest BCUT2D eigenvalue weighted by molar-refractivity contribution is -0.140. The molecule has 0 aliphatic carbocycles. The van der Waals surface area contributed by atoms with Crippen LogP contribution < -0.4 is 32.6 Å². The van der Waals surface area contributed by atoms with Gasteiger partial charge in [-0.05, 0) is 30.7 Å². The molecule has 3 aromatic rings. The molecule has 1 unspecified atom stereocenters. The Morgan fingerprint density at radius 1 is 0.770 bits per heavy atom. The lowest BCUT2D eigenvalue weighted by Crippen LogP contribution is -2.43. The van der Waals surface area contributed by atoms with E-state index in [4.69, 9.17) is 15.2 Å². The lowest BCUT2D eigenvalue weighted by Gasteiger charge is -2.24. The molecule has 3 amide bonds. The number of benzene rings is 1. The first kappa shape index (κ1) is 47.3. The van der Waals surface area contributed by atoms with Crippen LogP contribution in [0.4, 0.5) is 11.6 Å². The van der Waals surface area contributed by atoms with Gasteiger partial charge < -0.3 is 51.8 Å². The van der Waals surface area contributed by atoms with Crippen molar-refractivity contribution in [3.63, 3.8) is 0 Å². The molecule has 0 saturated carbocycles. The number of anilines is 2. The first-order valence-corrected chi connectivity index (χ1v) is 19.4. The number of aromatic nitrogens is 4. The van der Waals surface area contributed by atoms with Crippen molar-refractivity contribution in [1.82, 2.24) is 50.6 Å². The Hall–Kier alpha value is -6.34. The number of carboxylic acids is 3. The van der Waals surface area contributed by atoms with Crippen LogP contribution in [0.2, 0.25) is 0 Å².